The van der Waals surface area contributed by atoms with Gasteiger partial charge in [-0.25, -0.2) is 0 Å². The summed E-state index contributed by atoms with van der Waals surface area (Å²) in [6, 6.07) is 0.0110. The van der Waals surface area contributed by atoms with Crippen LogP contribution in [-0.2, 0) is 9.59 Å². The molecule has 16 heavy (non-hydrogen) atoms. The quantitative estimate of drug-likeness (QED) is 0.698. The van der Waals surface area contributed by atoms with Gasteiger partial charge in [-0.05, 0) is 19.3 Å². The Morgan fingerprint density at radius 2 is 1.94 bits per heavy atom. The van der Waals surface area contributed by atoms with E-state index in [2.05, 4.69) is 0 Å². The zero-order chi connectivity index (χ0) is 11.7. The Morgan fingerprint density at radius 1 is 1.38 bits per heavy atom. The number of amides is 2. The molecule has 2 atom stereocenters. The first-order chi connectivity index (χ1) is 7.59. The molecule has 0 aromatic rings. The molecule has 0 aromatic carbocycles. The van der Waals surface area contributed by atoms with Gasteiger partial charge in [-0.3, -0.25) is 9.59 Å². The van der Waals surface area contributed by atoms with E-state index in [1.165, 1.54) is 4.90 Å². The second-order valence-electron chi connectivity index (χ2n) is 4.79. The SMILES string of the molecule is CN(CC(=O)N1CCCC1)C(=O)C1CC1N. The van der Waals surface area contributed by atoms with Crippen molar-refractivity contribution in [1.82, 2.24) is 9.80 Å². The van der Waals surface area contributed by atoms with Crippen molar-refractivity contribution in [2.75, 3.05) is 26.7 Å². The summed E-state index contributed by atoms with van der Waals surface area (Å²) < 4.78 is 0. The molecular formula is C11H19N3O2. The smallest absolute Gasteiger partial charge is 0.242 e. The summed E-state index contributed by atoms with van der Waals surface area (Å²) in [5.74, 6) is 0.0268. The van der Waals surface area contributed by atoms with Gasteiger partial charge in [-0.15, -0.1) is 0 Å². The van der Waals surface area contributed by atoms with E-state index in [0.29, 0.717) is 0 Å². The third kappa shape index (κ3) is 2.35. The van der Waals surface area contributed by atoms with Gasteiger partial charge < -0.3 is 15.5 Å². The van der Waals surface area contributed by atoms with Gasteiger partial charge in [0.05, 0.1) is 12.5 Å². The van der Waals surface area contributed by atoms with Crippen LogP contribution in [0, 0.1) is 5.92 Å². The molecule has 0 bridgehead atoms. The lowest BCUT2D eigenvalue weighted by Crippen LogP contribution is -2.40. The van der Waals surface area contributed by atoms with Crippen molar-refractivity contribution in [3.63, 3.8) is 0 Å². The number of carbonyl (C=O) groups is 2. The van der Waals surface area contributed by atoms with Crippen LogP contribution < -0.4 is 5.73 Å². The predicted octanol–water partition coefficient (Wildman–Crippen LogP) is -0.586. The summed E-state index contributed by atoms with van der Waals surface area (Å²) >= 11 is 0. The number of hydrogen-bond acceptors (Lipinski definition) is 3. The summed E-state index contributed by atoms with van der Waals surface area (Å²) in [6.45, 7) is 1.87. The van der Waals surface area contributed by atoms with Gasteiger partial charge in [-0.2, -0.15) is 0 Å². The maximum Gasteiger partial charge on any atom is 0.242 e. The van der Waals surface area contributed by atoms with Gasteiger partial charge in [0.1, 0.15) is 0 Å². The zero-order valence-electron chi connectivity index (χ0n) is 9.69. The van der Waals surface area contributed by atoms with Gasteiger partial charge in [0.2, 0.25) is 11.8 Å². The highest BCUT2D eigenvalue weighted by Gasteiger charge is 2.41. The Kier molecular flexibility index (Phi) is 3.14. The molecule has 5 heteroatoms. The molecule has 0 spiro atoms. The Labute approximate surface area is 95.6 Å². The normalized spacial score (nSPS) is 28.0. The molecule has 1 aliphatic heterocycles. The maximum absolute atomic E-state index is 11.8. The number of hydrogen-bond donors (Lipinski definition) is 1. The third-order valence-electron chi connectivity index (χ3n) is 3.36. The first-order valence-electron chi connectivity index (χ1n) is 5.88. The van der Waals surface area contributed by atoms with E-state index < -0.39 is 0 Å². The van der Waals surface area contributed by atoms with E-state index in [-0.39, 0.29) is 30.3 Å². The minimum atomic E-state index is -0.0450. The third-order valence-corrected chi connectivity index (χ3v) is 3.36. The molecule has 2 fully saturated rings. The fourth-order valence-electron chi connectivity index (χ4n) is 2.13. The summed E-state index contributed by atoms with van der Waals surface area (Å²) in [6.07, 6.45) is 2.93. The van der Waals surface area contributed by atoms with Crippen molar-refractivity contribution in [2.45, 2.75) is 25.3 Å². The van der Waals surface area contributed by atoms with Crippen molar-refractivity contribution in [1.29, 1.82) is 0 Å². The molecule has 5 nitrogen and oxygen atoms in total. The van der Waals surface area contributed by atoms with Crippen molar-refractivity contribution in [3.8, 4) is 0 Å². The van der Waals surface area contributed by atoms with E-state index >= 15 is 0 Å². The molecule has 2 unspecified atom stereocenters. The second kappa shape index (κ2) is 4.41. The highest BCUT2D eigenvalue weighted by molar-refractivity contribution is 5.87. The molecule has 0 aromatic heterocycles. The Morgan fingerprint density at radius 3 is 2.44 bits per heavy atom. The number of carbonyl (C=O) groups excluding carboxylic acids is 2. The van der Waals surface area contributed by atoms with Crippen LogP contribution >= 0.6 is 0 Å². The van der Waals surface area contributed by atoms with E-state index in [1.54, 1.807) is 7.05 Å². The van der Waals surface area contributed by atoms with Crippen LogP contribution in [0.5, 0.6) is 0 Å². The van der Waals surface area contributed by atoms with Crippen LogP contribution in [0.3, 0.4) is 0 Å². The average Bonchev–Trinajstić information content (AvgIpc) is 2.79. The van der Waals surface area contributed by atoms with Crippen LogP contribution in [-0.4, -0.2) is 54.3 Å². The molecule has 2 aliphatic rings. The molecular weight excluding hydrogens is 206 g/mol. The summed E-state index contributed by atoms with van der Waals surface area (Å²) in [5, 5.41) is 0. The number of likely N-dealkylation sites (N-methyl/N-ethyl adjacent to an activating group) is 1. The molecule has 0 radical (unpaired) electrons. The fourth-order valence-corrected chi connectivity index (χ4v) is 2.13. The molecule has 1 saturated heterocycles. The van der Waals surface area contributed by atoms with Crippen molar-refractivity contribution < 1.29 is 9.59 Å². The standard InChI is InChI=1S/C11H19N3O2/c1-13(11(16)8-6-9(8)12)7-10(15)14-4-2-3-5-14/h8-9H,2-7,12H2,1H3. The highest BCUT2D eigenvalue weighted by atomic mass is 16.2. The van der Waals surface area contributed by atoms with E-state index in [1.807, 2.05) is 4.90 Å². The van der Waals surface area contributed by atoms with Crippen LogP contribution in [0.25, 0.3) is 0 Å². The molecule has 1 saturated carbocycles. The van der Waals surface area contributed by atoms with Crippen LogP contribution in [0.15, 0.2) is 0 Å². The predicted molar refractivity (Wildman–Crippen MR) is 59.5 cm³/mol. The van der Waals surface area contributed by atoms with Gasteiger partial charge >= 0.3 is 0 Å². The first kappa shape index (κ1) is 11.4. The van der Waals surface area contributed by atoms with Crippen LogP contribution in [0.1, 0.15) is 19.3 Å². The Balaban J connectivity index is 1.79. The molecule has 1 heterocycles. The number of nitrogens with zero attached hydrogens (tertiary/aromatic N) is 2. The monoisotopic (exact) mass is 225 g/mol. The lowest BCUT2D eigenvalue weighted by atomic mass is 10.3. The molecule has 2 rings (SSSR count). The van der Waals surface area contributed by atoms with E-state index in [9.17, 15) is 9.59 Å². The maximum atomic E-state index is 11.8. The van der Waals surface area contributed by atoms with Crippen LogP contribution in [0.4, 0.5) is 0 Å². The molecule has 1 aliphatic carbocycles. The lowest BCUT2D eigenvalue weighted by Gasteiger charge is -2.21. The fraction of sp³-hybridized carbons (Fsp3) is 0.818. The number of rotatable bonds is 3. The van der Waals surface area contributed by atoms with Crippen LogP contribution in [0.2, 0.25) is 0 Å². The van der Waals surface area contributed by atoms with Crippen molar-refractivity contribution in [2.24, 2.45) is 11.7 Å². The molecule has 2 N–H and O–H groups in total. The highest BCUT2D eigenvalue weighted by Crippen LogP contribution is 2.29. The number of likely N-dealkylation sites (tertiary alicyclic amines) is 1. The van der Waals surface area contributed by atoms with E-state index in [0.717, 1.165) is 32.4 Å². The second-order valence-corrected chi connectivity index (χ2v) is 4.79. The van der Waals surface area contributed by atoms with Crippen molar-refractivity contribution >= 4 is 11.8 Å². The summed E-state index contributed by atoms with van der Waals surface area (Å²) in [7, 11) is 1.68. The zero-order valence-corrected chi connectivity index (χ0v) is 9.69. The Bertz CT molecular complexity index is 300. The molecule has 2 amide bonds. The van der Waals surface area contributed by atoms with Gasteiger partial charge in [0.25, 0.3) is 0 Å². The lowest BCUT2D eigenvalue weighted by molar-refractivity contribution is -0.139. The largest absolute Gasteiger partial charge is 0.341 e. The van der Waals surface area contributed by atoms with Crippen molar-refractivity contribution in [3.05, 3.63) is 0 Å². The summed E-state index contributed by atoms with van der Waals surface area (Å²) in [5.41, 5.74) is 5.62. The Hall–Kier alpha value is -1.10. The minimum Gasteiger partial charge on any atom is -0.341 e. The topological polar surface area (TPSA) is 66.6 Å². The van der Waals surface area contributed by atoms with Gasteiger partial charge in [0, 0.05) is 26.2 Å². The van der Waals surface area contributed by atoms with E-state index in [4.69, 9.17) is 5.73 Å². The average molecular weight is 225 g/mol. The minimum absolute atomic E-state index is 0.0110. The van der Waals surface area contributed by atoms with Gasteiger partial charge in [0.15, 0.2) is 0 Å². The van der Waals surface area contributed by atoms with Gasteiger partial charge in [-0.1, -0.05) is 0 Å². The number of nitrogens with two attached hydrogens (primary N) is 1. The first-order valence-corrected chi connectivity index (χ1v) is 5.88. The molecule has 90 valence electrons. The summed E-state index contributed by atoms with van der Waals surface area (Å²) in [4.78, 5) is 26.9.